The lowest BCUT2D eigenvalue weighted by Crippen LogP contribution is -1.79. The Morgan fingerprint density at radius 1 is 1.64 bits per heavy atom. The van der Waals surface area contributed by atoms with Crippen molar-refractivity contribution in [3.05, 3.63) is 22.9 Å². The second kappa shape index (κ2) is 4.78. The standard InChI is InChI=1S/C8H10BrNS/c1-2-5-11-8-3-4-10-6-7(8)9/h3-4,6H,2,5H2,1H3. The summed E-state index contributed by atoms with van der Waals surface area (Å²) in [6.07, 6.45) is 4.86. The van der Waals surface area contributed by atoms with Crippen LogP contribution in [0.25, 0.3) is 0 Å². The summed E-state index contributed by atoms with van der Waals surface area (Å²) in [6.45, 7) is 2.18. The van der Waals surface area contributed by atoms with Crippen molar-refractivity contribution < 1.29 is 0 Å². The number of rotatable bonds is 3. The van der Waals surface area contributed by atoms with Crippen LogP contribution >= 0.6 is 27.7 Å². The van der Waals surface area contributed by atoms with Crippen molar-refractivity contribution in [2.45, 2.75) is 18.2 Å². The van der Waals surface area contributed by atoms with Gasteiger partial charge in [-0.05, 0) is 34.2 Å². The zero-order valence-electron chi connectivity index (χ0n) is 6.38. The predicted octanol–water partition coefficient (Wildman–Crippen LogP) is 3.35. The molecule has 0 fully saturated rings. The van der Waals surface area contributed by atoms with Crippen LogP contribution in [0.5, 0.6) is 0 Å². The molecule has 0 aliphatic rings. The fraction of sp³-hybridized carbons (Fsp3) is 0.375. The van der Waals surface area contributed by atoms with Crippen LogP contribution in [0.4, 0.5) is 0 Å². The Kier molecular flexibility index (Phi) is 3.94. The fourth-order valence-corrected chi connectivity index (χ4v) is 2.06. The maximum Gasteiger partial charge on any atom is 0.0494 e. The number of pyridine rings is 1. The van der Waals surface area contributed by atoms with Crippen LogP contribution in [0.1, 0.15) is 13.3 Å². The van der Waals surface area contributed by atoms with Gasteiger partial charge in [0, 0.05) is 21.8 Å². The maximum atomic E-state index is 3.99. The molecule has 1 rings (SSSR count). The monoisotopic (exact) mass is 231 g/mol. The summed E-state index contributed by atoms with van der Waals surface area (Å²) >= 11 is 5.30. The summed E-state index contributed by atoms with van der Waals surface area (Å²) in [4.78, 5) is 5.27. The van der Waals surface area contributed by atoms with Crippen molar-refractivity contribution in [1.29, 1.82) is 0 Å². The molecule has 1 aromatic rings. The van der Waals surface area contributed by atoms with Gasteiger partial charge >= 0.3 is 0 Å². The van der Waals surface area contributed by atoms with Crippen LogP contribution in [-0.4, -0.2) is 10.7 Å². The Morgan fingerprint density at radius 2 is 2.45 bits per heavy atom. The predicted molar refractivity (Wildman–Crippen MR) is 53.0 cm³/mol. The maximum absolute atomic E-state index is 3.99. The van der Waals surface area contributed by atoms with Gasteiger partial charge in [0.05, 0.1) is 0 Å². The van der Waals surface area contributed by atoms with Gasteiger partial charge in [0.1, 0.15) is 0 Å². The fourth-order valence-electron chi connectivity index (χ4n) is 0.692. The molecule has 3 heteroatoms. The molecular formula is C8H10BrNS. The average Bonchev–Trinajstić information content (AvgIpc) is 2.03. The van der Waals surface area contributed by atoms with Crippen LogP contribution in [0.3, 0.4) is 0 Å². The Labute approximate surface area is 79.7 Å². The van der Waals surface area contributed by atoms with E-state index in [-0.39, 0.29) is 0 Å². The highest BCUT2D eigenvalue weighted by Gasteiger charge is 1.97. The number of halogens is 1. The molecule has 0 saturated heterocycles. The number of nitrogens with zero attached hydrogens (tertiary/aromatic N) is 1. The first-order chi connectivity index (χ1) is 5.34. The van der Waals surface area contributed by atoms with Crippen molar-refractivity contribution in [1.82, 2.24) is 4.98 Å². The molecule has 0 spiro atoms. The molecule has 1 heterocycles. The molecule has 11 heavy (non-hydrogen) atoms. The molecule has 0 aliphatic carbocycles. The van der Waals surface area contributed by atoms with Crippen molar-refractivity contribution in [3.63, 3.8) is 0 Å². The van der Waals surface area contributed by atoms with Gasteiger partial charge in [-0.3, -0.25) is 4.98 Å². The van der Waals surface area contributed by atoms with E-state index in [2.05, 4.69) is 27.8 Å². The van der Waals surface area contributed by atoms with E-state index >= 15 is 0 Å². The topological polar surface area (TPSA) is 12.9 Å². The third-order valence-corrected chi connectivity index (χ3v) is 3.37. The van der Waals surface area contributed by atoms with Crippen molar-refractivity contribution in [2.75, 3.05) is 5.75 Å². The van der Waals surface area contributed by atoms with E-state index < -0.39 is 0 Å². The van der Waals surface area contributed by atoms with E-state index in [0.29, 0.717) is 0 Å². The zero-order valence-corrected chi connectivity index (χ0v) is 8.78. The minimum atomic E-state index is 1.10. The molecule has 0 bridgehead atoms. The lowest BCUT2D eigenvalue weighted by molar-refractivity contribution is 1.10. The zero-order chi connectivity index (χ0) is 8.10. The second-order valence-electron chi connectivity index (χ2n) is 2.15. The van der Waals surface area contributed by atoms with Crippen LogP contribution in [-0.2, 0) is 0 Å². The SMILES string of the molecule is CCCSc1ccncc1Br. The first-order valence-corrected chi connectivity index (χ1v) is 5.34. The summed E-state index contributed by atoms with van der Waals surface area (Å²) in [6, 6.07) is 2.03. The van der Waals surface area contributed by atoms with Crippen LogP contribution in [0, 0.1) is 0 Å². The van der Waals surface area contributed by atoms with Gasteiger partial charge in [-0.1, -0.05) is 6.92 Å². The smallest absolute Gasteiger partial charge is 0.0494 e. The van der Waals surface area contributed by atoms with Crippen LogP contribution < -0.4 is 0 Å². The highest BCUT2D eigenvalue weighted by molar-refractivity contribution is 9.10. The third kappa shape index (κ3) is 2.83. The molecular weight excluding hydrogens is 222 g/mol. The number of hydrogen-bond donors (Lipinski definition) is 0. The quantitative estimate of drug-likeness (QED) is 0.741. The number of aromatic nitrogens is 1. The molecule has 0 radical (unpaired) electrons. The van der Waals surface area contributed by atoms with E-state index in [9.17, 15) is 0 Å². The molecule has 0 N–H and O–H groups in total. The summed E-state index contributed by atoms with van der Waals surface area (Å²) in [5.74, 6) is 1.17. The Morgan fingerprint density at radius 3 is 3.09 bits per heavy atom. The summed E-state index contributed by atoms with van der Waals surface area (Å²) < 4.78 is 1.10. The van der Waals surface area contributed by atoms with Crippen molar-refractivity contribution in [2.24, 2.45) is 0 Å². The third-order valence-electron chi connectivity index (χ3n) is 1.20. The summed E-state index contributed by atoms with van der Waals surface area (Å²) in [5.41, 5.74) is 0. The molecule has 0 aliphatic heterocycles. The van der Waals surface area contributed by atoms with Gasteiger partial charge in [0.15, 0.2) is 0 Å². The summed E-state index contributed by atoms with van der Waals surface area (Å²) in [7, 11) is 0. The summed E-state index contributed by atoms with van der Waals surface area (Å²) in [5, 5.41) is 0. The minimum Gasteiger partial charge on any atom is -0.263 e. The van der Waals surface area contributed by atoms with Gasteiger partial charge in [-0.2, -0.15) is 0 Å². The molecule has 60 valence electrons. The normalized spacial score (nSPS) is 10.0. The molecule has 0 aromatic carbocycles. The van der Waals surface area contributed by atoms with Crippen LogP contribution in [0.15, 0.2) is 27.8 Å². The number of hydrogen-bond acceptors (Lipinski definition) is 2. The lowest BCUT2D eigenvalue weighted by atomic mass is 10.5. The molecule has 0 saturated carbocycles. The first kappa shape index (κ1) is 9.07. The second-order valence-corrected chi connectivity index (χ2v) is 4.15. The van der Waals surface area contributed by atoms with E-state index in [1.54, 1.807) is 0 Å². The van der Waals surface area contributed by atoms with Crippen molar-refractivity contribution >= 4 is 27.7 Å². The van der Waals surface area contributed by atoms with E-state index in [0.717, 1.165) is 4.47 Å². The van der Waals surface area contributed by atoms with Gasteiger partial charge in [0.25, 0.3) is 0 Å². The van der Waals surface area contributed by atoms with Crippen molar-refractivity contribution in [3.8, 4) is 0 Å². The number of thioether (sulfide) groups is 1. The lowest BCUT2D eigenvalue weighted by Gasteiger charge is -2.00. The van der Waals surface area contributed by atoms with Gasteiger partial charge in [-0.25, -0.2) is 0 Å². The molecule has 0 unspecified atom stereocenters. The molecule has 1 aromatic heterocycles. The Bertz CT molecular complexity index is 227. The van der Waals surface area contributed by atoms with E-state index in [1.165, 1.54) is 17.1 Å². The molecule has 0 amide bonds. The highest BCUT2D eigenvalue weighted by Crippen LogP contribution is 2.26. The highest BCUT2D eigenvalue weighted by atomic mass is 79.9. The van der Waals surface area contributed by atoms with E-state index in [4.69, 9.17) is 0 Å². The first-order valence-electron chi connectivity index (χ1n) is 3.57. The Hall–Kier alpha value is -0.0200. The Balaban J connectivity index is 2.62. The van der Waals surface area contributed by atoms with Gasteiger partial charge < -0.3 is 0 Å². The molecule has 0 atom stereocenters. The largest absolute Gasteiger partial charge is 0.263 e. The van der Waals surface area contributed by atoms with E-state index in [1.807, 2.05) is 30.2 Å². The average molecular weight is 232 g/mol. The van der Waals surface area contributed by atoms with Crippen LogP contribution in [0.2, 0.25) is 0 Å². The van der Waals surface area contributed by atoms with Gasteiger partial charge in [-0.15, -0.1) is 11.8 Å². The molecule has 1 nitrogen and oxygen atoms in total. The van der Waals surface area contributed by atoms with Gasteiger partial charge in [0.2, 0.25) is 0 Å². The minimum absolute atomic E-state index is 1.10.